The molecule has 2 aliphatic heterocycles. The molecule has 26 heavy (non-hydrogen) atoms. The van der Waals surface area contributed by atoms with Crippen molar-refractivity contribution in [3.63, 3.8) is 0 Å². The molecule has 4 rings (SSSR count). The Morgan fingerprint density at radius 2 is 1.77 bits per heavy atom. The summed E-state index contributed by atoms with van der Waals surface area (Å²) in [4.78, 5) is 27.8. The predicted molar refractivity (Wildman–Crippen MR) is 104 cm³/mol. The quantitative estimate of drug-likeness (QED) is 0.787. The van der Waals surface area contributed by atoms with Crippen molar-refractivity contribution in [2.24, 2.45) is 17.3 Å². The summed E-state index contributed by atoms with van der Waals surface area (Å²) < 4.78 is 0. The van der Waals surface area contributed by atoms with Crippen molar-refractivity contribution in [3.05, 3.63) is 0 Å². The fourth-order valence-electron chi connectivity index (χ4n) is 5.71. The second-order valence-corrected chi connectivity index (χ2v) is 8.81. The van der Waals surface area contributed by atoms with Crippen LogP contribution in [0.3, 0.4) is 0 Å². The molecule has 1 unspecified atom stereocenters. The zero-order valence-corrected chi connectivity index (χ0v) is 16.6. The average molecular weight is 384 g/mol. The molecule has 2 saturated carbocycles. The van der Waals surface area contributed by atoms with Crippen LogP contribution in [0, 0.1) is 17.3 Å². The topological polar surface area (TPSA) is 61.4 Å². The molecule has 2 amide bonds. The summed E-state index contributed by atoms with van der Waals surface area (Å²) in [6.07, 6.45) is 11.3. The molecule has 0 aromatic heterocycles. The number of fused-ring (bicyclic) bond motifs is 1. The van der Waals surface area contributed by atoms with Gasteiger partial charge in [0.15, 0.2) is 0 Å². The number of hydrogen-bond donors (Lipinski definition) is 2. The fourth-order valence-corrected chi connectivity index (χ4v) is 5.71. The van der Waals surface area contributed by atoms with Gasteiger partial charge < -0.3 is 15.5 Å². The van der Waals surface area contributed by atoms with Crippen LogP contribution in [0.2, 0.25) is 0 Å². The van der Waals surface area contributed by atoms with Crippen molar-refractivity contribution in [1.29, 1.82) is 0 Å². The van der Waals surface area contributed by atoms with Crippen LogP contribution in [0.5, 0.6) is 0 Å². The Balaban J connectivity index is 0.00000196. The van der Waals surface area contributed by atoms with Gasteiger partial charge in [0.05, 0.1) is 5.41 Å². The Morgan fingerprint density at radius 3 is 2.58 bits per heavy atom. The summed E-state index contributed by atoms with van der Waals surface area (Å²) in [5.41, 5.74) is -0.181. The number of hydrogen-bond acceptors (Lipinski definition) is 3. The number of carbonyl (C=O) groups excluding carboxylic acids is 2. The monoisotopic (exact) mass is 383 g/mol. The molecular formula is C20H34ClN3O2. The first kappa shape index (κ1) is 19.9. The number of nitrogens with zero attached hydrogens (tertiary/aromatic N) is 1. The Hall–Kier alpha value is -0.810. The van der Waals surface area contributed by atoms with E-state index in [0.717, 1.165) is 51.9 Å². The van der Waals surface area contributed by atoms with E-state index in [9.17, 15) is 9.59 Å². The molecule has 0 bridgehead atoms. The van der Waals surface area contributed by atoms with Crippen molar-refractivity contribution in [2.75, 3.05) is 26.2 Å². The van der Waals surface area contributed by atoms with Gasteiger partial charge in [0.2, 0.25) is 11.8 Å². The Kier molecular flexibility index (Phi) is 6.50. The first-order valence-corrected chi connectivity index (χ1v) is 10.5. The lowest BCUT2D eigenvalue weighted by Gasteiger charge is -2.38. The van der Waals surface area contributed by atoms with E-state index in [1.54, 1.807) is 0 Å². The highest BCUT2D eigenvalue weighted by molar-refractivity contribution is 5.85. The van der Waals surface area contributed by atoms with Crippen LogP contribution in [0.15, 0.2) is 0 Å². The van der Waals surface area contributed by atoms with E-state index in [2.05, 4.69) is 10.6 Å². The van der Waals surface area contributed by atoms with Gasteiger partial charge in [-0.05, 0) is 44.6 Å². The van der Waals surface area contributed by atoms with Gasteiger partial charge in [0.1, 0.15) is 0 Å². The lowest BCUT2D eigenvalue weighted by Crippen LogP contribution is -2.51. The summed E-state index contributed by atoms with van der Waals surface area (Å²) in [6.45, 7) is 3.36. The van der Waals surface area contributed by atoms with E-state index in [1.165, 1.54) is 38.5 Å². The van der Waals surface area contributed by atoms with Crippen molar-refractivity contribution in [1.82, 2.24) is 15.5 Å². The van der Waals surface area contributed by atoms with Crippen LogP contribution in [0.4, 0.5) is 0 Å². The molecular weight excluding hydrogens is 350 g/mol. The summed E-state index contributed by atoms with van der Waals surface area (Å²) in [7, 11) is 0. The number of rotatable bonds is 3. The Bertz CT molecular complexity index is 523. The molecule has 2 N–H and O–H groups in total. The average Bonchev–Trinajstić information content (AvgIpc) is 3.29. The van der Waals surface area contributed by atoms with Gasteiger partial charge in [0.25, 0.3) is 0 Å². The molecule has 2 heterocycles. The molecule has 4 fully saturated rings. The Labute approximate surface area is 163 Å². The maximum atomic E-state index is 13.1. The highest BCUT2D eigenvalue weighted by Crippen LogP contribution is 2.44. The SMILES string of the molecule is Cl.O=C(C1CCCCC1)N1CCC(NC(=O)[C@@]23CCCC[C@H]2CNC3)C1. The smallest absolute Gasteiger partial charge is 0.228 e. The van der Waals surface area contributed by atoms with Crippen molar-refractivity contribution in [3.8, 4) is 0 Å². The highest BCUT2D eigenvalue weighted by atomic mass is 35.5. The summed E-state index contributed by atoms with van der Waals surface area (Å²) in [6, 6.07) is 0.151. The molecule has 2 saturated heterocycles. The number of nitrogens with one attached hydrogen (secondary N) is 2. The zero-order valence-electron chi connectivity index (χ0n) is 15.8. The molecule has 4 aliphatic rings. The minimum atomic E-state index is -0.181. The maximum Gasteiger partial charge on any atom is 0.228 e. The third kappa shape index (κ3) is 3.75. The lowest BCUT2D eigenvalue weighted by atomic mass is 9.67. The van der Waals surface area contributed by atoms with Gasteiger partial charge in [-0.2, -0.15) is 0 Å². The fraction of sp³-hybridized carbons (Fsp3) is 0.900. The number of halogens is 1. The molecule has 3 atom stereocenters. The van der Waals surface area contributed by atoms with Gasteiger partial charge in [-0.1, -0.05) is 32.1 Å². The molecule has 0 spiro atoms. The van der Waals surface area contributed by atoms with Crippen molar-refractivity contribution in [2.45, 2.75) is 70.3 Å². The molecule has 0 aromatic rings. The largest absolute Gasteiger partial charge is 0.351 e. The predicted octanol–water partition coefficient (Wildman–Crippen LogP) is 2.49. The van der Waals surface area contributed by atoms with E-state index in [1.807, 2.05) is 4.90 Å². The molecule has 5 nitrogen and oxygen atoms in total. The van der Waals surface area contributed by atoms with E-state index >= 15 is 0 Å². The van der Waals surface area contributed by atoms with Crippen LogP contribution in [-0.4, -0.2) is 48.9 Å². The zero-order chi connectivity index (χ0) is 17.3. The molecule has 0 radical (unpaired) electrons. The van der Waals surface area contributed by atoms with Gasteiger partial charge in [0, 0.05) is 31.6 Å². The maximum absolute atomic E-state index is 13.1. The third-order valence-corrected chi connectivity index (χ3v) is 7.28. The molecule has 148 valence electrons. The van der Waals surface area contributed by atoms with E-state index < -0.39 is 0 Å². The molecule has 2 aliphatic carbocycles. The lowest BCUT2D eigenvalue weighted by molar-refractivity contribution is -0.137. The van der Waals surface area contributed by atoms with Crippen LogP contribution < -0.4 is 10.6 Å². The minimum Gasteiger partial charge on any atom is -0.351 e. The number of carbonyl (C=O) groups is 2. The van der Waals surface area contributed by atoms with Gasteiger partial charge in [-0.3, -0.25) is 9.59 Å². The number of amides is 2. The summed E-state index contributed by atoms with van der Waals surface area (Å²) in [5, 5.41) is 6.78. The van der Waals surface area contributed by atoms with Crippen LogP contribution in [-0.2, 0) is 9.59 Å². The first-order chi connectivity index (χ1) is 12.2. The second-order valence-electron chi connectivity index (χ2n) is 8.81. The van der Waals surface area contributed by atoms with E-state index in [-0.39, 0.29) is 35.7 Å². The molecule has 6 heteroatoms. The van der Waals surface area contributed by atoms with Gasteiger partial charge in [-0.25, -0.2) is 0 Å². The first-order valence-electron chi connectivity index (χ1n) is 10.5. The summed E-state index contributed by atoms with van der Waals surface area (Å²) in [5.74, 6) is 1.33. The Morgan fingerprint density at radius 1 is 1.00 bits per heavy atom. The standard InChI is InChI=1S/C20H33N3O2.ClH/c24-18(15-6-2-1-3-7-15)23-11-9-17(13-23)22-19(25)20-10-5-4-8-16(20)12-21-14-20;/h15-17,21H,1-14H2,(H,22,25);1H/t16-,17?,20+;/m0./s1. The summed E-state index contributed by atoms with van der Waals surface area (Å²) >= 11 is 0. The van der Waals surface area contributed by atoms with Crippen LogP contribution in [0.1, 0.15) is 64.2 Å². The van der Waals surface area contributed by atoms with E-state index in [4.69, 9.17) is 0 Å². The number of likely N-dealkylation sites (tertiary alicyclic amines) is 1. The molecule has 0 aromatic carbocycles. The second kappa shape index (κ2) is 8.47. The minimum absolute atomic E-state index is 0. The van der Waals surface area contributed by atoms with Gasteiger partial charge >= 0.3 is 0 Å². The van der Waals surface area contributed by atoms with Gasteiger partial charge in [-0.15, -0.1) is 12.4 Å². The van der Waals surface area contributed by atoms with Crippen LogP contribution >= 0.6 is 12.4 Å². The van der Waals surface area contributed by atoms with Crippen LogP contribution in [0.25, 0.3) is 0 Å². The normalized spacial score (nSPS) is 34.8. The van der Waals surface area contributed by atoms with Crippen molar-refractivity contribution >= 4 is 24.2 Å². The van der Waals surface area contributed by atoms with E-state index in [0.29, 0.717) is 11.8 Å². The van der Waals surface area contributed by atoms with Crippen molar-refractivity contribution < 1.29 is 9.59 Å². The highest BCUT2D eigenvalue weighted by Gasteiger charge is 2.50. The third-order valence-electron chi connectivity index (χ3n) is 7.28.